The fraction of sp³-hybridized carbons (Fsp3) is 0. The quantitative estimate of drug-likeness (QED) is 0.150. The summed E-state index contributed by atoms with van der Waals surface area (Å²) in [5.41, 5.74) is 15.1. The smallest absolute Gasteiger partial charge is 0.160 e. The van der Waals surface area contributed by atoms with E-state index in [1.165, 1.54) is 60.1 Å². The summed E-state index contributed by atoms with van der Waals surface area (Å²) in [5.74, 6) is 0.666. The van der Waals surface area contributed by atoms with Gasteiger partial charge in [-0.25, -0.2) is 9.97 Å². The number of nitrogens with zero attached hydrogens (tertiary/aromatic N) is 4. The highest BCUT2D eigenvalue weighted by Gasteiger charge is 2.19. The Balaban J connectivity index is 0.985. The molecule has 0 spiro atoms. The van der Waals surface area contributed by atoms with Crippen molar-refractivity contribution >= 4 is 54.1 Å². The summed E-state index contributed by atoms with van der Waals surface area (Å²) in [6.07, 6.45) is 3.86. The minimum absolute atomic E-state index is 0.666. The average Bonchev–Trinajstić information content (AvgIpc) is 3.74. The molecule has 67 heavy (non-hydrogen) atoms. The molecule has 0 aliphatic rings. The van der Waals surface area contributed by atoms with E-state index in [1.807, 2.05) is 12.4 Å². The molecule has 4 nitrogen and oxygen atoms in total. The molecule has 10 aromatic carbocycles. The van der Waals surface area contributed by atoms with Crippen LogP contribution >= 0.6 is 0 Å². The minimum Gasteiger partial charge on any atom is -0.309 e. The standard InChI is InChI=1S/C63H40N4/c1-3-14-41(15-4-1)43-28-31-50(32-29-43)67-59-33-30-47(38-55(59)56-40-64-35-34-60(56)67)58-39-57(46-27-26-42-16-7-8-19-45(42)36-46)65-63(66-58)49-21-13-20-48(37-49)62-53-24-11-9-22-51(53)61(44-17-5-2-6-18-44)52-23-10-12-25-54(52)62/h1-40H. The molecule has 0 aliphatic carbocycles. The molecule has 3 aromatic heterocycles. The van der Waals surface area contributed by atoms with Crippen LogP contribution in [0.5, 0.6) is 0 Å². The Kier molecular flexibility index (Phi) is 9.14. The Bertz CT molecular complexity index is 3970. The zero-order valence-corrected chi connectivity index (χ0v) is 36.4. The van der Waals surface area contributed by atoms with E-state index in [0.29, 0.717) is 5.82 Å². The van der Waals surface area contributed by atoms with E-state index in [-0.39, 0.29) is 0 Å². The van der Waals surface area contributed by atoms with Gasteiger partial charge in [-0.15, -0.1) is 0 Å². The van der Waals surface area contributed by atoms with Crippen LogP contribution in [0.2, 0.25) is 0 Å². The van der Waals surface area contributed by atoms with Crippen LogP contribution in [0.25, 0.3) is 127 Å². The van der Waals surface area contributed by atoms with E-state index in [2.05, 4.69) is 240 Å². The third-order valence-electron chi connectivity index (χ3n) is 13.3. The second-order valence-corrected chi connectivity index (χ2v) is 17.2. The highest BCUT2D eigenvalue weighted by atomic mass is 15.0. The second kappa shape index (κ2) is 15.9. The molecule has 4 heteroatoms. The predicted molar refractivity (Wildman–Crippen MR) is 279 cm³/mol. The van der Waals surface area contributed by atoms with Crippen molar-refractivity contribution in [1.29, 1.82) is 0 Å². The Labute approximate surface area is 387 Å². The van der Waals surface area contributed by atoms with Crippen LogP contribution in [0.4, 0.5) is 0 Å². The van der Waals surface area contributed by atoms with Gasteiger partial charge >= 0.3 is 0 Å². The fourth-order valence-electron chi connectivity index (χ4n) is 10.1. The minimum atomic E-state index is 0.666. The van der Waals surface area contributed by atoms with Crippen molar-refractivity contribution < 1.29 is 0 Å². The highest BCUT2D eigenvalue weighted by Crippen LogP contribution is 2.44. The Morgan fingerprint density at radius 2 is 0.821 bits per heavy atom. The summed E-state index contributed by atoms with van der Waals surface area (Å²) >= 11 is 0. The van der Waals surface area contributed by atoms with Crippen molar-refractivity contribution in [1.82, 2.24) is 19.5 Å². The number of fused-ring (bicyclic) bond motifs is 6. The zero-order valence-electron chi connectivity index (χ0n) is 36.4. The van der Waals surface area contributed by atoms with Crippen molar-refractivity contribution in [2.24, 2.45) is 0 Å². The van der Waals surface area contributed by atoms with Gasteiger partial charge in [-0.3, -0.25) is 4.98 Å². The van der Waals surface area contributed by atoms with Crippen LogP contribution < -0.4 is 0 Å². The third-order valence-corrected chi connectivity index (χ3v) is 13.3. The van der Waals surface area contributed by atoms with Gasteiger partial charge in [0.05, 0.1) is 22.4 Å². The van der Waals surface area contributed by atoms with Crippen molar-refractivity contribution in [2.45, 2.75) is 0 Å². The lowest BCUT2D eigenvalue weighted by molar-refractivity contribution is 1.17. The molecule has 13 aromatic rings. The van der Waals surface area contributed by atoms with Gasteiger partial charge in [0, 0.05) is 45.5 Å². The summed E-state index contributed by atoms with van der Waals surface area (Å²) in [6, 6.07) is 82.5. The van der Waals surface area contributed by atoms with Crippen LogP contribution in [-0.2, 0) is 0 Å². The molecule has 0 bridgehead atoms. The molecule has 0 radical (unpaired) electrons. The van der Waals surface area contributed by atoms with Crippen LogP contribution in [0, 0.1) is 0 Å². The predicted octanol–water partition coefficient (Wildman–Crippen LogP) is 16.4. The molecule has 312 valence electrons. The lowest BCUT2D eigenvalue weighted by Crippen LogP contribution is -1.97. The first-order valence-corrected chi connectivity index (χ1v) is 22.7. The molecule has 0 unspecified atom stereocenters. The van der Waals surface area contributed by atoms with Gasteiger partial charge in [0.25, 0.3) is 0 Å². The number of rotatable bonds is 7. The van der Waals surface area contributed by atoms with Gasteiger partial charge < -0.3 is 4.57 Å². The SMILES string of the molecule is c1ccc(-c2ccc(-n3c4ccncc4c4cc(-c5cc(-c6ccc7ccccc7c6)nc(-c6cccc(-c7c8ccccc8c(-c8ccccc8)c8ccccc78)c6)n5)ccc43)cc2)cc1. The number of benzene rings is 10. The van der Waals surface area contributed by atoms with Crippen LogP contribution in [0.1, 0.15) is 0 Å². The maximum Gasteiger partial charge on any atom is 0.160 e. The number of hydrogen-bond donors (Lipinski definition) is 0. The van der Waals surface area contributed by atoms with Crippen molar-refractivity contribution in [3.63, 3.8) is 0 Å². The summed E-state index contributed by atoms with van der Waals surface area (Å²) in [5, 5.41) is 9.41. The molecule has 3 heterocycles. The first kappa shape index (κ1) is 38.5. The average molecular weight is 853 g/mol. The molecule has 13 rings (SSSR count). The van der Waals surface area contributed by atoms with E-state index < -0.39 is 0 Å². The first-order valence-electron chi connectivity index (χ1n) is 22.7. The maximum atomic E-state index is 5.43. The van der Waals surface area contributed by atoms with Gasteiger partial charge in [-0.05, 0) is 114 Å². The molecular weight excluding hydrogens is 813 g/mol. The summed E-state index contributed by atoms with van der Waals surface area (Å²) in [7, 11) is 0. The highest BCUT2D eigenvalue weighted by molar-refractivity contribution is 6.21. The summed E-state index contributed by atoms with van der Waals surface area (Å²) in [4.78, 5) is 15.4. The lowest BCUT2D eigenvalue weighted by atomic mass is 9.85. The molecule has 0 fully saturated rings. The van der Waals surface area contributed by atoms with E-state index in [1.54, 1.807) is 0 Å². The molecule has 0 N–H and O–H groups in total. The van der Waals surface area contributed by atoms with E-state index in [0.717, 1.165) is 61.1 Å². The van der Waals surface area contributed by atoms with Crippen LogP contribution in [0.3, 0.4) is 0 Å². The van der Waals surface area contributed by atoms with Crippen molar-refractivity contribution in [2.75, 3.05) is 0 Å². The number of aromatic nitrogens is 4. The molecule has 0 saturated carbocycles. The van der Waals surface area contributed by atoms with Crippen molar-refractivity contribution in [3.05, 3.63) is 243 Å². The summed E-state index contributed by atoms with van der Waals surface area (Å²) in [6.45, 7) is 0. The van der Waals surface area contributed by atoms with Gasteiger partial charge in [0.15, 0.2) is 5.82 Å². The molecular formula is C63H40N4. The fourth-order valence-corrected chi connectivity index (χ4v) is 10.1. The van der Waals surface area contributed by atoms with Crippen LogP contribution in [-0.4, -0.2) is 19.5 Å². The third kappa shape index (κ3) is 6.65. The molecule has 0 amide bonds. The molecule has 0 saturated heterocycles. The lowest BCUT2D eigenvalue weighted by Gasteiger charge is -2.18. The van der Waals surface area contributed by atoms with E-state index >= 15 is 0 Å². The summed E-state index contributed by atoms with van der Waals surface area (Å²) < 4.78 is 2.34. The first-order chi connectivity index (χ1) is 33.2. The van der Waals surface area contributed by atoms with Crippen LogP contribution in [0.15, 0.2) is 243 Å². The normalized spacial score (nSPS) is 11.6. The zero-order chi connectivity index (χ0) is 44.3. The monoisotopic (exact) mass is 852 g/mol. The topological polar surface area (TPSA) is 43.6 Å². The van der Waals surface area contributed by atoms with Gasteiger partial charge in [0.2, 0.25) is 0 Å². The van der Waals surface area contributed by atoms with Crippen molar-refractivity contribution in [3.8, 4) is 73.0 Å². The van der Waals surface area contributed by atoms with Gasteiger partial charge in [0.1, 0.15) is 0 Å². The van der Waals surface area contributed by atoms with E-state index in [4.69, 9.17) is 9.97 Å². The Morgan fingerprint density at radius 1 is 0.299 bits per heavy atom. The van der Waals surface area contributed by atoms with Gasteiger partial charge in [-0.2, -0.15) is 0 Å². The second-order valence-electron chi connectivity index (χ2n) is 17.2. The number of hydrogen-bond acceptors (Lipinski definition) is 3. The largest absolute Gasteiger partial charge is 0.309 e. The molecule has 0 aliphatic heterocycles. The Hall–Kier alpha value is -8.99. The Morgan fingerprint density at radius 3 is 1.52 bits per heavy atom. The maximum absolute atomic E-state index is 5.43. The van der Waals surface area contributed by atoms with Gasteiger partial charge in [-0.1, -0.05) is 182 Å². The number of pyridine rings is 1. The van der Waals surface area contributed by atoms with E-state index in [9.17, 15) is 0 Å². The molecule has 0 atom stereocenters.